The molecule has 0 saturated carbocycles. The largest absolute Gasteiger partial charge is 0.457 e. The minimum absolute atomic E-state index is 0.0403. The van der Waals surface area contributed by atoms with Crippen molar-refractivity contribution in [3.8, 4) is 23.0 Å². The molecule has 0 aliphatic rings. The van der Waals surface area contributed by atoms with Crippen molar-refractivity contribution in [2.45, 2.75) is 38.5 Å². The zero-order valence-electron chi connectivity index (χ0n) is 28.0. The van der Waals surface area contributed by atoms with Crippen molar-refractivity contribution < 1.29 is 9.47 Å². The molecule has 0 amide bonds. The van der Waals surface area contributed by atoms with E-state index in [-0.39, 0.29) is 10.8 Å². The summed E-state index contributed by atoms with van der Waals surface area (Å²) in [5, 5.41) is 0. The summed E-state index contributed by atoms with van der Waals surface area (Å²) in [7, 11) is 0. The highest BCUT2D eigenvalue weighted by molar-refractivity contribution is 5.49. The molecule has 0 atom stereocenters. The lowest BCUT2D eigenvalue weighted by Gasteiger charge is -2.26. The number of benzene rings is 6. The normalized spacial score (nSPS) is 11.2. The Morgan fingerprint density at radius 1 is 0.292 bits per heavy atom. The molecule has 0 fully saturated rings. The van der Waals surface area contributed by atoms with E-state index in [1.807, 2.05) is 97.1 Å². The summed E-state index contributed by atoms with van der Waals surface area (Å²) in [5.74, 6) is 3.10. The van der Waals surface area contributed by atoms with Gasteiger partial charge in [0.2, 0.25) is 0 Å². The van der Waals surface area contributed by atoms with E-state index in [1.165, 1.54) is 22.3 Å². The second-order valence-electron chi connectivity index (χ2n) is 12.9. The summed E-state index contributed by atoms with van der Waals surface area (Å²) >= 11 is 0. The Kier molecular flexibility index (Phi) is 9.95. The maximum Gasteiger partial charge on any atom is 0.127 e. The van der Waals surface area contributed by atoms with Crippen LogP contribution in [0.2, 0.25) is 0 Å². The van der Waals surface area contributed by atoms with Gasteiger partial charge in [0.1, 0.15) is 23.0 Å². The first-order valence-electron chi connectivity index (χ1n) is 15.9. The number of rotatable bonds is 8. The van der Waals surface area contributed by atoms with E-state index in [0.717, 1.165) is 34.4 Å². The first kappa shape index (κ1) is 33.5. The molecule has 0 heterocycles. The van der Waals surface area contributed by atoms with Crippen molar-refractivity contribution in [1.29, 1.82) is 0 Å². The molecule has 6 nitrogen and oxygen atoms in total. The van der Waals surface area contributed by atoms with E-state index < -0.39 is 0 Å². The molecule has 0 bridgehead atoms. The molecule has 6 heteroatoms. The van der Waals surface area contributed by atoms with Gasteiger partial charge in [0.15, 0.2) is 0 Å². The zero-order chi connectivity index (χ0) is 34.3. The highest BCUT2D eigenvalue weighted by Gasteiger charge is 2.24. The molecule has 48 heavy (non-hydrogen) atoms. The molecular formula is C42H44N4O2. The third kappa shape index (κ3) is 8.28. The van der Waals surface area contributed by atoms with E-state index in [4.69, 9.17) is 32.4 Å². The van der Waals surface area contributed by atoms with Gasteiger partial charge < -0.3 is 32.4 Å². The smallest absolute Gasteiger partial charge is 0.127 e. The van der Waals surface area contributed by atoms with Crippen LogP contribution in [0.3, 0.4) is 0 Å². The number of hydrogen-bond acceptors (Lipinski definition) is 6. The molecule has 0 saturated heterocycles. The summed E-state index contributed by atoms with van der Waals surface area (Å²) in [6.45, 7) is 8.81. The van der Waals surface area contributed by atoms with E-state index in [1.54, 1.807) is 0 Å². The van der Waals surface area contributed by atoms with Gasteiger partial charge in [0.05, 0.1) is 0 Å². The molecule has 8 N–H and O–H groups in total. The van der Waals surface area contributed by atoms with Crippen LogP contribution < -0.4 is 32.4 Å². The van der Waals surface area contributed by atoms with Crippen molar-refractivity contribution in [2.75, 3.05) is 22.9 Å². The maximum absolute atomic E-state index is 5.91. The average Bonchev–Trinajstić information content (AvgIpc) is 3.08. The number of anilines is 4. The number of hydrogen-bond donors (Lipinski definition) is 4. The number of ether oxygens (including phenoxy) is 2. The monoisotopic (exact) mass is 636 g/mol. The highest BCUT2D eigenvalue weighted by Crippen LogP contribution is 2.35. The Hall–Kier alpha value is -5.88. The van der Waals surface area contributed by atoms with Crippen LogP contribution in [0, 0.1) is 0 Å². The van der Waals surface area contributed by atoms with Crippen LogP contribution in [0.25, 0.3) is 0 Å². The fraction of sp³-hybridized carbons (Fsp3) is 0.143. The molecule has 0 aliphatic heterocycles. The molecular weight excluding hydrogens is 592 g/mol. The Bertz CT molecular complexity index is 1760. The van der Waals surface area contributed by atoms with Gasteiger partial charge in [-0.3, -0.25) is 0 Å². The van der Waals surface area contributed by atoms with Gasteiger partial charge in [-0.1, -0.05) is 76.2 Å². The summed E-state index contributed by atoms with van der Waals surface area (Å²) < 4.78 is 11.8. The van der Waals surface area contributed by atoms with Crippen LogP contribution in [-0.2, 0) is 10.8 Å². The Labute approximate surface area is 283 Å². The molecule has 6 aromatic carbocycles. The molecule has 0 unspecified atom stereocenters. The molecule has 244 valence electrons. The first-order chi connectivity index (χ1) is 22.9. The molecule has 0 spiro atoms. The molecule has 6 rings (SSSR count). The lowest BCUT2D eigenvalue weighted by atomic mass is 9.78. The van der Waals surface area contributed by atoms with Gasteiger partial charge >= 0.3 is 0 Å². The van der Waals surface area contributed by atoms with Crippen molar-refractivity contribution >= 4 is 22.7 Å². The lowest BCUT2D eigenvalue weighted by Crippen LogP contribution is -2.18. The van der Waals surface area contributed by atoms with Gasteiger partial charge in [-0.25, -0.2) is 0 Å². The Morgan fingerprint density at radius 3 is 0.688 bits per heavy atom. The highest BCUT2D eigenvalue weighted by atomic mass is 16.5. The molecule has 0 radical (unpaired) electrons. The predicted molar refractivity (Wildman–Crippen MR) is 201 cm³/mol. The van der Waals surface area contributed by atoms with Crippen LogP contribution in [0.15, 0.2) is 146 Å². The van der Waals surface area contributed by atoms with Crippen LogP contribution in [0.1, 0.15) is 49.9 Å². The minimum atomic E-state index is -0.167. The Balaban J connectivity index is 0.000000224. The standard InChI is InChI=1S/C27H26N2O2.C15H18N2/c1-27(2,19-3-11-23(12-4-19)30-25-15-7-21(28)8-16-25)20-5-13-24(14-6-20)31-26-17-9-22(29)10-18-26;1-15(2,11-3-7-13(16)8-4-11)12-5-9-14(17)10-6-12/h3-18H,28-29H2,1-2H3;3-10H,16-17H2,1-2H3. The summed E-state index contributed by atoms with van der Waals surface area (Å²) in [5.41, 5.74) is 30.6. The maximum atomic E-state index is 5.91. The van der Waals surface area contributed by atoms with Gasteiger partial charge in [0, 0.05) is 33.6 Å². The van der Waals surface area contributed by atoms with Crippen LogP contribution in [0.5, 0.6) is 23.0 Å². The van der Waals surface area contributed by atoms with Crippen LogP contribution >= 0.6 is 0 Å². The summed E-state index contributed by atoms with van der Waals surface area (Å²) in [6, 6.07) is 47.2. The van der Waals surface area contributed by atoms with Gasteiger partial charge in [-0.05, 0) is 119 Å². The van der Waals surface area contributed by atoms with Crippen molar-refractivity contribution in [2.24, 2.45) is 0 Å². The lowest BCUT2D eigenvalue weighted by molar-refractivity contribution is 0.481. The molecule has 0 aromatic heterocycles. The third-order valence-electron chi connectivity index (χ3n) is 8.65. The fourth-order valence-corrected chi connectivity index (χ4v) is 5.36. The zero-order valence-corrected chi connectivity index (χ0v) is 28.0. The Morgan fingerprint density at radius 2 is 0.458 bits per heavy atom. The summed E-state index contributed by atoms with van der Waals surface area (Å²) in [6.07, 6.45) is 0. The van der Waals surface area contributed by atoms with Crippen LogP contribution in [0.4, 0.5) is 22.7 Å². The second-order valence-corrected chi connectivity index (χ2v) is 12.9. The minimum Gasteiger partial charge on any atom is -0.457 e. The van der Waals surface area contributed by atoms with Crippen LogP contribution in [-0.4, -0.2) is 0 Å². The molecule has 0 aliphatic carbocycles. The van der Waals surface area contributed by atoms with E-state index >= 15 is 0 Å². The van der Waals surface area contributed by atoms with Gasteiger partial charge in [-0.2, -0.15) is 0 Å². The third-order valence-corrected chi connectivity index (χ3v) is 8.65. The second kappa shape index (κ2) is 14.3. The summed E-state index contributed by atoms with van der Waals surface area (Å²) in [4.78, 5) is 0. The fourth-order valence-electron chi connectivity index (χ4n) is 5.36. The SMILES string of the molecule is CC(C)(c1ccc(N)cc1)c1ccc(N)cc1.CC(C)(c1ccc(Oc2ccc(N)cc2)cc1)c1ccc(Oc2ccc(N)cc2)cc1. The number of nitrogens with two attached hydrogens (primary N) is 4. The van der Waals surface area contributed by atoms with Crippen molar-refractivity contribution in [3.63, 3.8) is 0 Å². The van der Waals surface area contributed by atoms with E-state index in [9.17, 15) is 0 Å². The quantitative estimate of drug-likeness (QED) is 0.123. The average molecular weight is 637 g/mol. The number of nitrogen functional groups attached to an aromatic ring is 4. The molecule has 6 aromatic rings. The predicted octanol–water partition coefficient (Wildman–Crippen LogP) is 9.94. The van der Waals surface area contributed by atoms with E-state index in [2.05, 4.69) is 76.2 Å². The topological polar surface area (TPSA) is 123 Å². The van der Waals surface area contributed by atoms with Gasteiger partial charge in [0.25, 0.3) is 0 Å². The van der Waals surface area contributed by atoms with Crippen molar-refractivity contribution in [3.05, 3.63) is 168 Å². The van der Waals surface area contributed by atoms with Gasteiger partial charge in [-0.15, -0.1) is 0 Å². The van der Waals surface area contributed by atoms with E-state index in [0.29, 0.717) is 11.4 Å². The first-order valence-corrected chi connectivity index (χ1v) is 15.9. The van der Waals surface area contributed by atoms with Crippen molar-refractivity contribution in [1.82, 2.24) is 0 Å².